The lowest BCUT2D eigenvalue weighted by atomic mass is 9.82. The van der Waals surface area contributed by atoms with Gasteiger partial charge in [0.05, 0.1) is 0 Å². The van der Waals surface area contributed by atoms with E-state index in [1.165, 1.54) is 21.9 Å². The molecule has 196 valence electrons. The summed E-state index contributed by atoms with van der Waals surface area (Å²) in [4.78, 5) is 1.77. The minimum absolute atomic E-state index is 0.113. The summed E-state index contributed by atoms with van der Waals surface area (Å²) in [6.07, 6.45) is 0. The van der Waals surface area contributed by atoms with E-state index in [1.807, 2.05) is 0 Å². The third-order valence-electron chi connectivity index (χ3n) is 8.33. The van der Waals surface area contributed by atoms with Gasteiger partial charge in [0.1, 0.15) is 6.04 Å². The molecule has 40 heavy (non-hydrogen) atoms. The zero-order chi connectivity index (χ0) is 27.1. The van der Waals surface area contributed by atoms with Crippen LogP contribution in [0.2, 0.25) is 0 Å². The van der Waals surface area contributed by atoms with Crippen LogP contribution in [-0.4, -0.2) is 4.91 Å². The van der Waals surface area contributed by atoms with Crippen molar-refractivity contribution >= 4 is 43.5 Å². The molecule has 3 heteroatoms. The summed E-state index contributed by atoms with van der Waals surface area (Å²) in [5.41, 5.74) is 4.06. The van der Waals surface area contributed by atoms with Crippen LogP contribution in [0.1, 0.15) is 42.9 Å². The standard InChI is InChI=1S/C37H31NO2/c1-25(27-13-5-3-6-14-27)37(26(2)28-15-7-4-8-16-28)38-39-33-23-21-29-17-9-11-19-31(29)35(33)36-32-20-12-10-18-30(32)22-24-34(36)40-38/h3-26,37H,1-2H3. The van der Waals surface area contributed by atoms with Gasteiger partial charge in [-0.25, -0.2) is 0 Å². The Bertz CT molecular complexity index is 1850. The van der Waals surface area contributed by atoms with Gasteiger partial charge < -0.3 is 9.05 Å². The molecule has 0 aliphatic rings. The fraction of sp³-hybridized carbons (Fsp3) is 0.135. The molecule has 7 rings (SSSR count). The molecule has 2 unspecified atom stereocenters. The van der Waals surface area contributed by atoms with Crippen LogP contribution < -0.4 is 0 Å². The number of aromatic nitrogens is 1. The zero-order valence-corrected chi connectivity index (χ0v) is 22.7. The van der Waals surface area contributed by atoms with Crippen LogP contribution in [0, 0.1) is 0 Å². The first-order valence-corrected chi connectivity index (χ1v) is 14.0. The van der Waals surface area contributed by atoms with Gasteiger partial charge in [-0.2, -0.15) is 0 Å². The Kier molecular flexibility index (Phi) is 6.13. The highest BCUT2D eigenvalue weighted by molar-refractivity contribution is 6.24. The Hall–Kier alpha value is -4.76. The molecule has 1 heterocycles. The lowest BCUT2D eigenvalue weighted by molar-refractivity contribution is 0.0235. The van der Waals surface area contributed by atoms with Crippen molar-refractivity contribution in [2.45, 2.75) is 31.7 Å². The largest absolute Gasteiger partial charge is 0.349 e. The normalized spacial score (nSPS) is 13.9. The molecule has 0 fully saturated rings. The van der Waals surface area contributed by atoms with E-state index in [2.05, 4.69) is 147 Å². The zero-order valence-electron chi connectivity index (χ0n) is 22.7. The predicted molar refractivity (Wildman–Crippen MR) is 165 cm³/mol. The monoisotopic (exact) mass is 521 g/mol. The van der Waals surface area contributed by atoms with E-state index >= 15 is 0 Å². The molecule has 0 spiro atoms. The predicted octanol–water partition coefficient (Wildman–Crippen LogP) is 10.6. The SMILES string of the molecule is CC(c1ccccc1)C(C(C)c1ccccc1)n1oc2ccc3ccccc3c2c2c(ccc3ccccc32)o1. The minimum atomic E-state index is -0.124. The van der Waals surface area contributed by atoms with E-state index in [0.717, 1.165) is 32.7 Å². The van der Waals surface area contributed by atoms with Crippen molar-refractivity contribution in [1.29, 1.82) is 0 Å². The Balaban J connectivity index is 1.60. The molecule has 0 aliphatic heterocycles. The second-order valence-electron chi connectivity index (χ2n) is 10.7. The third-order valence-corrected chi connectivity index (χ3v) is 8.33. The van der Waals surface area contributed by atoms with E-state index in [-0.39, 0.29) is 17.9 Å². The van der Waals surface area contributed by atoms with Gasteiger partial charge in [-0.05, 0) is 44.8 Å². The molecule has 0 amide bonds. The number of nitrogens with zero attached hydrogens (tertiary/aromatic N) is 1. The molecule has 0 N–H and O–H groups in total. The van der Waals surface area contributed by atoms with Gasteiger partial charge in [-0.1, -0.05) is 140 Å². The van der Waals surface area contributed by atoms with Crippen molar-refractivity contribution in [3.8, 4) is 0 Å². The van der Waals surface area contributed by atoms with Crippen LogP contribution in [0.5, 0.6) is 0 Å². The van der Waals surface area contributed by atoms with E-state index < -0.39 is 0 Å². The highest BCUT2D eigenvalue weighted by Gasteiger charge is 2.31. The summed E-state index contributed by atoms with van der Waals surface area (Å²) >= 11 is 0. The average Bonchev–Trinajstić information content (AvgIpc) is 3.19. The van der Waals surface area contributed by atoms with E-state index in [4.69, 9.17) is 9.05 Å². The summed E-state index contributed by atoms with van der Waals surface area (Å²) in [6, 6.07) is 46.6. The number of benzene rings is 6. The van der Waals surface area contributed by atoms with Crippen molar-refractivity contribution in [3.63, 3.8) is 0 Å². The molecular formula is C37H31NO2. The fourth-order valence-corrected chi connectivity index (χ4v) is 6.21. The van der Waals surface area contributed by atoms with Gasteiger partial charge in [0.15, 0.2) is 11.2 Å². The Morgan fingerprint density at radius 3 is 1.30 bits per heavy atom. The lowest BCUT2D eigenvalue weighted by Gasteiger charge is -2.29. The van der Waals surface area contributed by atoms with Crippen LogP contribution in [-0.2, 0) is 0 Å². The van der Waals surface area contributed by atoms with Crippen LogP contribution in [0.25, 0.3) is 43.5 Å². The summed E-state index contributed by atoms with van der Waals surface area (Å²) in [7, 11) is 0. The van der Waals surface area contributed by atoms with Gasteiger partial charge in [-0.15, -0.1) is 0 Å². The van der Waals surface area contributed by atoms with Gasteiger partial charge in [0, 0.05) is 22.6 Å². The second-order valence-corrected chi connectivity index (χ2v) is 10.7. The maximum atomic E-state index is 6.85. The van der Waals surface area contributed by atoms with Crippen molar-refractivity contribution in [2.75, 3.05) is 0 Å². The molecule has 0 saturated carbocycles. The summed E-state index contributed by atoms with van der Waals surface area (Å²) in [5, 5.41) is 6.75. The molecule has 0 bridgehead atoms. The molecular weight excluding hydrogens is 490 g/mol. The lowest BCUT2D eigenvalue weighted by Crippen LogP contribution is -2.21. The van der Waals surface area contributed by atoms with Crippen LogP contribution in [0.4, 0.5) is 0 Å². The van der Waals surface area contributed by atoms with Gasteiger partial charge in [0.25, 0.3) is 0 Å². The van der Waals surface area contributed by atoms with E-state index in [9.17, 15) is 0 Å². The summed E-state index contributed by atoms with van der Waals surface area (Å²) in [5.74, 6) is 0.227. The van der Waals surface area contributed by atoms with Crippen molar-refractivity contribution in [3.05, 3.63) is 145 Å². The first-order valence-electron chi connectivity index (χ1n) is 14.0. The topological polar surface area (TPSA) is 31.2 Å². The Morgan fingerprint density at radius 1 is 0.450 bits per heavy atom. The van der Waals surface area contributed by atoms with Crippen LogP contribution in [0.15, 0.2) is 143 Å². The summed E-state index contributed by atoms with van der Waals surface area (Å²) in [6.45, 7) is 4.53. The van der Waals surface area contributed by atoms with Gasteiger partial charge in [0.2, 0.25) is 0 Å². The van der Waals surface area contributed by atoms with Crippen molar-refractivity contribution in [1.82, 2.24) is 4.91 Å². The molecule has 0 radical (unpaired) electrons. The molecule has 6 aromatic carbocycles. The van der Waals surface area contributed by atoms with Crippen molar-refractivity contribution < 1.29 is 9.05 Å². The van der Waals surface area contributed by atoms with Crippen LogP contribution >= 0.6 is 0 Å². The van der Waals surface area contributed by atoms with Crippen molar-refractivity contribution in [2.24, 2.45) is 0 Å². The second kappa shape index (κ2) is 10.1. The minimum Gasteiger partial charge on any atom is -0.349 e. The molecule has 2 atom stereocenters. The Labute approximate surface area is 233 Å². The van der Waals surface area contributed by atoms with Crippen LogP contribution in [0.3, 0.4) is 0 Å². The molecule has 3 nitrogen and oxygen atoms in total. The molecule has 7 aromatic rings. The number of hydrogen-bond acceptors (Lipinski definition) is 2. The maximum absolute atomic E-state index is 6.85. The number of rotatable bonds is 5. The third kappa shape index (κ3) is 4.15. The van der Waals surface area contributed by atoms with Gasteiger partial charge >= 0.3 is 0 Å². The Morgan fingerprint density at radius 2 is 0.850 bits per heavy atom. The van der Waals surface area contributed by atoms with E-state index in [0.29, 0.717) is 0 Å². The molecule has 0 aliphatic carbocycles. The first-order chi connectivity index (χ1) is 19.7. The molecule has 0 saturated heterocycles. The quantitative estimate of drug-likeness (QED) is 0.226. The fourth-order valence-electron chi connectivity index (χ4n) is 6.21. The first kappa shape index (κ1) is 24.3. The number of fused-ring (bicyclic) bond motifs is 7. The number of hydrogen-bond donors (Lipinski definition) is 0. The van der Waals surface area contributed by atoms with Gasteiger partial charge in [-0.3, -0.25) is 0 Å². The highest BCUT2D eigenvalue weighted by atomic mass is 16.7. The smallest absolute Gasteiger partial charge is 0.167 e. The summed E-state index contributed by atoms with van der Waals surface area (Å²) < 4.78 is 13.7. The highest BCUT2D eigenvalue weighted by Crippen LogP contribution is 2.42. The average molecular weight is 522 g/mol. The van der Waals surface area contributed by atoms with E-state index in [1.54, 1.807) is 4.91 Å². The molecule has 1 aromatic heterocycles. The maximum Gasteiger partial charge on any atom is 0.167 e.